The molecule has 0 spiro atoms. The lowest BCUT2D eigenvalue weighted by molar-refractivity contribution is 0.0955. The number of anilines is 1. The molecule has 6 rings (SSSR count). The van der Waals surface area contributed by atoms with Gasteiger partial charge < -0.3 is 4.74 Å². The van der Waals surface area contributed by atoms with Crippen molar-refractivity contribution in [2.24, 2.45) is 5.10 Å². The number of amides is 1. The van der Waals surface area contributed by atoms with Gasteiger partial charge in [0.1, 0.15) is 18.1 Å². The van der Waals surface area contributed by atoms with Crippen molar-refractivity contribution in [1.82, 2.24) is 15.2 Å². The zero-order chi connectivity index (χ0) is 31.8. The van der Waals surface area contributed by atoms with E-state index in [2.05, 4.69) is 15.2 Å². The van der Waals surface area contributed by atoms with Gasteiger partial charge in [0.2, 0.25) is 0 Å². The summed E-state index contributed by atoms with van der Waals surface area (Å²) >= 11 is 0. The van der Waals surface area contributed by atoms with E-state index in [4.69, 9.17) is 9.84 Å². The van der Waals surface area contributed by atoms with Crippen LogP contribution in [-0.4, -0.2) is 30.3 Å². The molecule has 228 valence electrons. The third-order valence-electron chi connectivity index (χ3n) is 6.96. The summed E-state index contributed by atoms with van der Waals surface area (Å²) in [6.45, 7) is 0.465. The molecule has 0 radical (unpaired) electrons. The molecule has 0 fully saturated rings. The maximum atomic E-state index is 12.8. The summed E-state index contributed by atoms with van der Waals surface area (Å²) in [6.07, 6.45) is 3.38. The van der Waals surface area contributed by atoms with E-state index in [1.54, 1.807) is 29.1 Å². The average molecular weight is 628 g/mol. The molecule has 10 heteroatoms. The van der Waals surface area contributed by atoms with Crippen LogP contribution in [0.2, 0.25) is 0 Å². The van der Waals surface area contributed by atoms with Gasteiger partial charge in [-0.25, -0.2) is 18.5 Å². The van der Waals surface area contributed by atoms with Crippen LogP contribution < -0.4 is 14.9 Å². The molecule has 2 N–H and O–H groups in total. The zero-order valence-corrected chi connectivity index (χ0v) is 25.3. The third-order valence-corrected chi connectivity index (χ3v) is 8.36. The van der Waals surface area contributed by atoms with Crippen LogP contribution in [0, 0.1) is 0 Å². The monoisotopic (exact) mass is 627 g/mol. The maximum absolute atomic E-state index is 12.8. The number of benzene rings is 5. The molecular weight excluding hydrogens is 598 g/mol. The van der Waals surface area contributed by atoms with E-state index < -0.39 is 15.9 Å². The van der Waals surface area contributed by atoms with Gasteiger partial charge in [0.25, 0.3) is 15.9 Å². The number of rotatable bonds is 11. The fraction of sp³-hybridized carbons (Fsp3) is 0.0278. The molecule has 0 saturated heterocycles. The lowest BCUT2D eigenvalue weighted by Crippen LogP contribution is -2.18. The van der Waals surface area contributed by atoms with E-state index in [-0.39, 0.29) is 4.90 Å². The lowest BCUT2D eigenvalue weighted by Gasteiger charge is -2.08. The smallest absolute Gasteiger partial charge is 0.271 e. The van der Waals surface area contributed by atoms with E-state index >= 15 is 0 Å². The lowest BCUT2D eigenvalue weighted by atomic mass is 10.1. The molecule has 1 heterocycles. The summed E-state index contributed by atoms with van der Waals surface area (Å²) in [5.41, 5.74) is 7.35. The Bertz CT molecular complexity index is 2050. The molecular formula is C36H29N5O4S. The van der Waals surface area contributed by atoms with Gasteiger partial charge in [-0.3, -0.25) is 9.52 Å². The number of aromatic nitrogens is 2. The van der Waals surface area contributed by atoms with Crippen LogP contribution in [0.1, 0.15) is 21.5 Å². The fourth-order valence-corrected chi connectivity index (χ4v) is 5.68. The molecule has 0 bridgehead atoms. The Morgan fingerprint density at radius 2 is 1.41 bits per heavy atom. The van der Waals surface area contributed by atoms with E-state index in [0.29, 0.717) is 29.1 Å². The Morgan fingerprint density at radius 1 is 0.783 bits per heavy atom. The van der Waals surface area contributed by atoms with Crippen molar-refractivity contribution < 1.29 is 17.9 Å². The zero-order valence-electron chi connectivity index (χ0n) is 24.5. The van der Waals surface area contributed by atoms with Crippen molar-refractivity contribution >= 4 is 27.8 Å². The summed E-state index contributed by atoms with van der Waals surface area (Å²) in [5.74, 6) is 0.280. The van der Waals surface area contributed by atoms with Crippen molar-refractivity contribution in [3.63, 3.8) is 0 Å². The number of hydrazone groups is 1. The van der Waals surface area contributed by atoms with Gasteiger partial charge in [0, 0.05) is 28.6 Å². The summed E-state index contributed by atoms with van der Waals surface area (Å²) in [7, 11) is -3.74. The minimum Gasteiger partial charge on any atom is -0.489 e. The summed E-state index contributed by atoms with van der Waals surface area (Å²) in [5, 5.41) is 9.01. The first-order chi connectivity index (χ1) is 22.4. The number of nitrogens with one attached hydrogen (secondary N) is 2. The third kappa shape index (κ3) is 7.37. The topological polar surface area (TPSA) is 115 Å². The molecule has 9 nitrogen and oxygen atoms in total. The van der Waals surface area contributed by atoms with Crippen LogP contribution in [0.3, 0.4) is 0 Å². The first-order valence-corrected chi connectivity index (χ1v) is 15.9. The standard InChI is InChI=1S/C36H29N5O4S/c42-36(29-16-20-31(21-17-29)40-46(43,44)34-14-8-3-9-15-34)38-37-24-30-25-41(32-12-6-2-7-13-32)39-35(30)28-18-22-33(23-19-28)45-26-27-10-4-1-5-11-27/h1-25,40H,26H2,(H,38,42)/b37-24-. The second-order valence-corrected chi connectivity index (χ2v) is 11.9. The van der Waals surface area contributed by atoms with E-state index in [9.17, 15) is 13.2 Å². The van der Waals surface area contributed by atoms with Crippen molar-refractivity contribution in [1.29, 1.82) is 0 Å². The van der Waals surface area contributed by atoms with Crippen LogP contribution >= 0.6 is 0 Å². The van der Waals surface area contributed by atoms with Gasteiger partial charge in [-0.05, 0) is 78.4 Å². The van der Waals surface area contributed by atoms with Gasteiger partial charge in [-0.15, -0.1) is 0 Å². The van der Waals surface area contributed by atoms with Crippen LogP contribution in [-0.2, 0) is 16.6 Å². The minimum absolute atomic E-state index is 0.147. The number of hydrogen-bond acceptors (Lipinski definition) is 6. The van der Waals surface area contributed by atoms with Gasteiger partial charge in [0.15, 0.2) is 0 Å². The normalized spacial score (nSPS) is 11.3. The Kier molecular flexibility index (Phi) is 8.98. The average Bonchev–Trinajstić information content (AvgIpc) is 3.53. The molecule has 0 unspecified atom stereocenters. The maximum Gasteiger partial charge on any atom is 0.271 e. The fourth-order valence-electron chi connectivity index (χ4n) is 4.60. The minimum atomic E-state index is -3.74. The SMILES string of the molecule is O=C(N/N=C\c1cn(-c2ccccc2)nc1-c1ccc(OCc2ccccc2)cc1)c1ccc(NS(=O)(=O)c2ccccc2)cc1. The number of ether oxygens (including phenoxy) is 1. The highest BCUT2D eigenvalue weighted by Gasteiger charge is 2.15. The number of carbonyl (C=O) groups is 1. The van der Waals surface area contributed by atoms with E-state index in [1.165, 1.54) is 36.4 Å². The Labute approximate surface area is 266 Å². The summed E-state index contributed by atoms with van der Waals surface area (Å²) in [6, 6.07) is 41.5. The summed E-state index contributed by atoms with van der Waals surface area (Å²) in [4.78, 5) is 13.0. The number of sulfonamides is 1. The molecule has 1 aromatic heterocycles. The molecule has 0 saturated carbocycles. The molecule has 0 aliphatic rings. The first kappa shape index (κ1) is 30.0. The largest absolute Gasteiger partial charge is 0.489 e. The van der Waals surface area contributed by atoms with Crippen molar-refractivity contribution in [3.8, 4) is 22.7 Å². The summed E-state index contributed by atoms with van der Waals surface area (Å²) < 4.78 is 35.4. The number of nitrogens with zero attached hydrogens (tertiary/aromatic N) is 3. The predicted octanol–water partition coefficient (Wildman–Crippen LogP) is 6.68. The van der Waals surface area contributed by atoms with Crippen LogP contribution in [0.5, 0.6) is 5.75 Å². The highest BCUT2D eigenvalue weighted by Crippen LogP contribution is 2.25. The molecule has 5 aromatic carbocycles. The number of hydrogen-bond donors (Lipinski definition) is 2. The number of carbonyl (C=O) groups excluding carboxylic acids is 1. The number of para-hydroxylation sites is 1. The Balaban J connectivity index is 1.16. The van der Waals surface area contributed by atoms with Gasteiger partial charge >= 0.3 is 0 Å². The molecule has 0 aliphatic carbocycles. The van der Waals surface area contributed by atoms with E-state index in [1.807, 2.05) is 91.1 Å². The van der Waals surface area contributed by atoms with Gasteiger partial charge in [0.05, 0.1) is 16.8 Å². The quantitative estimate of drug-likeness (QED) is 0.123. The van der Waals surface area contributed by atoms with Gasteiger partial charge in [-0.1, -0.05) is 66.7 Å². The highest BCUT2D eigenvalue weighted by atomic mass is 32.2. The predicted molar refractivity (Wildman–Crippen MR) is 179 cm³/mol. The second kappa shape index (κ2) is 13.7. The van der Waals surface area contributed by atoms with Gasteiger partial charge in [-0.2, -0.15) is 10.2 Å². The molecule has 6 aromatic rings. The molecule has 0 atom stereocenters. The van der Waals surface area contributed by atoms with Crippen LogP contribution in [0.4, 0.5) is 5.69 Å². The van der Waals surface area contributed by atoms with E-state index in [0.717, 1.165) is 22.6 Å². The second-order valence-electron chi connectivity index (χ2n) is 10.2. The molecule has 1 amide bonds. The van der Waals surface area contributed by atoms with Crippen molar-refractivity contribution in [2.75, 3.05) is 4.72 Å². The highest BCUT2D eigenvalue weighted by molar-refractivity contribution is 7.92. The molecule has 46 heavy (non-hydrogen) atoms. The van der Waals surface area contributed by atoms with Crippen molar-refractivity contribution in [2.45, 2.75) is 11.5 Å². The first-order valence-electron chi connectivity index (χ1n) is 14.4. The Morgan fingerprint density at radius 3 is 2.09 bits per heavy atom. The van der Waals surface area contributed by atoms with Crippen LogP contribution in [0.25, 0.3) is 16.9 Å². The van der Waals surface area contributed by atoms with Crippen LogP contribution in [0.15, 0.2) is 156 Å². The van der Waals surface area contributed by atoms with Crippen molar-refractivity contribution in [3.05, 3.63) is 162 Å². The molecule has 0 aliphatic heterocycles. The Hall–Kier alpha value is -6.00.